The number of piperidine rings is 1. The van der Waals surface area contributed by atoms with Crippen LogP contribution in [-0.4, -0.2) is 29.4 Å². The van der Waals surface area contributed by atoms with Crippen LogP contribution in [0.5, 0.6) is 0 Å². The van der Waals surface area contributed by atoms with Gasteiger partial charge < -0.3 is 10.6 Å². The minimum Gasteiger partial charge on any atom is -0.336 e. The minimum atomic E-state index is -0.0439. The average molecular weight is 293 g/mol. The Morgan fingerprint density at radius 2 is 2.29 bits per heavy atom. The molecule has 17 heavy (non-hydrogen) atoms. The molecule has 6 heteroatoms. The summed E-state index contributed by atoms with van der Waals surface area (Å²) >= 11 is 13.1. The number of thiophene rings is 1. The fraction of sp³-hybridized carbons (Fsp3) is 0.545. The Morgan fingerprint density at radius 3 is 2.82 bits per heavy atom. The van der Waals surface area contributed by atoms with Crippen LogP contribution in [-0.2, 0) is 0 Å². The molecule has 2 N–H and O–H groups in total. The number of hydrogen-bond acceptors (Lipinski definition) is 3. The number of likely N-dealkylation sites (tertiary alicyclic amines) is 1. The third-order valence-electron chi connectivity index (χ3n) is 3.06. The van der Waals surface area contributed by atoms with Crippen LogP contribution in [0.3, 0.4) is 0 Å². The number of hydrogen-bond donors (Lipinski definition) is 1. The highest BCUT2D eigenvalue weighted by atomic mass is 35.5. The van der Waals surface area contributed by atoms with Gasteiger partial charge in [-0.05, 0) is 25.8 Å². The van der Waals surface area contributed by atoms with Gasteiger partial charge in [0.15, 0.2) is 0 Å². The fourth-order valence-corrected chi connectivity index (χ4v) is 3.60. The van der Waals surface area contributed by atoms with E-state index < -0.39 is 0 Å². The Morgan fingerprint density at radius 1 is 1.59 bits per heavy atom. The SMILES string of the molecule is C[C@@H]1C[C@@H](N)CCN1C(=O)c1cc(Cl)sc1Cl. The predicted molar refractivity (Wildman–Crippen MR) is 72.0 cm³/mol. The molecule has 1 aliphatic heterocycles. The molecule has 1 aromatic rings. The van der Waals surface area contributed by atoms with Crippen LogP contribution in [0.4, 0.5) is 0 Å². The lowest BCUT2D eigenvalue weighted by Crippen LogP contribution is -2.48. The predicted octanol–water partition coefficient (Wildman–Crippen LogP) is 3.01. The molecule has 3 nitrogen and oxygen atoms in total. The molecule has 2 atom stereocenters. The highest BCUT2D eigenvalue weighted by Gasteiger charge is 2.29. The second-order valence-corrected chi connectivity index (χ2v) is 6.66. The molecule has 2 heterocycles. The van der Waals surface area contributed by atoms with Crippen molar-refractivity contribution in [2.75, 3.05) is 6.54 Å². The quantitative estimate of drug-likeness (QED) is 0.865. The van der Waals surface area contributed by atoms with Crippen LogP contribution >= 0.6 is 34.5 Å². The average Bonchev–Trinajstić information content (AvgIpc) is 2.57. The van der Waals surface area contributed by atoms with Crippen LogP contribution in [0.1, 0.15) is 30.1 Å². The van der Waals surface area contributed by atoms with Crippen LogP contribution < -0.4 is 5.73 Å². The van der Waals surface area contributed by atoms with Gasteiger partial charge in [0.05, 0.1) is 9.90 Å². The molecule has 2 rings (SSSR count). The molecular weight excluding hydrogens is 279 g/mol. The number of nitrogens with zero attached hydrogens (tertiary/aromatic N) is 1. The summed E-state index contributed by atoms with van der Waals surface area (Å²) in [6.07, 6.45) is 1.67. The maximum Gasteiger partial charge on any atom is 0.256 e. The number of nitrogens with two attached hydrogens (primary N) is 1. The van der Waals surface area contributed by atoms with Crippen molar-refractivity contribution in [1.82, 2.24) is 4.90 Å². The van der Waals surface area contributed by atoms with Gasteiger partial charge in [-0.1, -0.05) is 23.2 Å². The number of amides is 1. The summed E-state index contributed by atoms with van der Waals surface area (Å²) in [5, 5.41) is 0. The monoisotopic (exact) mass is 292 g/mol. The molecule has 1 fully saturated rings. The standard InChI is InChI=1S/C11H14Cl2N2OS/c1-6-4-7(14)2-3-15(6)11(16)8-5-9(12)17-10(8)13/h5-7H,2-4,14H2,1H3/t6-,7+/m1/s1. The first-order chi connectivity index (χ1) is 7.99. The van der Waals surface area contributed by atoms with Gasteiger partial charge in [-0.3, -0.25) is 4.79 Å². The van der Waals surface area contributed by atoms with Crippen molar-refractivity contribution in [3.8, 4) is 0 Å². The Hall–Kier alpha value is -0.290. The number of rotatable bonds is 1. The van der Waals surface area contributed by atoms with Crippen molar-refractivity contribution in [3.05, 3.63) is 20.3 Å². The zero-order valence-electron chi connectivity index (χ0n) is 9.45. The molecule has 0 unspecified atom stereocenters. The van der Waals surface area contributed by atoms with Gasteiger partial charge in [0.25, 0.3) is 5.91 Å². The maximum atomic E-state index is 12.3. The van der Waals surface area contributed by atoms with Crippen molar-refractivity contribution in [2.24, 2.45) is 5.73 Å². The molecule has 1 aliphatic rings. The first-order valence-electron chi connectivity index (χ1n) is 5.50. The van der Waals surface area contributed by atoms with Crippen molar-refractivity contribution in [1.29, 1.82) is 0 Å². The molecule has 1 saturated heterocycles. The van der Waals surface area contributed by atoms with Gasteiger partial charge in [-0.25, -0.2) is 0 Å². The van der Waals surface area contributed by atoms with Crippen molar-refractivity contribution in [3.63, 3.8) is 0 Å². The fourth-order valence-electron chi connectivity index (χ4n) is 2.15. The van der Waals surface area contributed by atoms with Crippen molar-refractivity contribution >= 4 is 40.4 Å². The first-order valence-corrected chi connectivity index (χ1v) is 7.07. The van der Waals surface area contributed by atoms with E-state index in [-0.39, 0.29) is 18.0 Å². The summed E-state index contributed by atoms with van der Waals surface area (Å²) in [7, 11) is 0. The highest BCUT2D eigenvalue weighted by Crippen LogP contribution is 2.33. The lowest BCUT2D eigenvalue weighted by Gasteiger charge is -2.36. The molecule has 0 spiro atoms. The topological polar surface area (TPSA) is 46.3 Å². The van der Waals surface area contributed by atoms with E-state index >= 15 is 0 Å². The molecule has 1 aromatic heterocycles. The second-order valence-electron chi connectivity index (χ2n) is 4.37. The van der Waals surface area contributed by atoms with Crippen molar-refractivity contribution < 1.29 is 4.79 Å². The summed E-state index contributed by atoms with van der Waals surface area (Å²) in [4.78, 5) is 14.1. The Kier molecular flexibility index (Phi) is 3.98. The largest absolute Gasteiger partial charge is 0.336 e. The molecule has 0 aliphatic carbocycles. The van der Waals surface area contributed by atoms with Crippen LogP contribution in [0.2, 0.25) is 8.67 Å². The molecule has 0 bridgehead atoms. The third-order valence-corrected chi connectivity index (χ3v) is 4.55. The molecule has 1 amide bonds. The first kappa shape index (κ1) is 13.1. The smallest absolute Gasteiger partial charge is 0.256 e. The lowest BCUT2D eigenvalue weighted by molar-refractivity contribution is 0.0620. The molecule has 0 radical (unpaired) electrons. The van der Waals surface area contributed by atoms with Gasteiger partial charge in [0.2, 0.25) is 0 Å². The van der Waals surface area contributed by atoms with Crippen molar-refractivity contribution in [2.45, 2.75) is 31.8 Å². The second kappa shape index (κ2) is 5.14. The Balaban J connectivity index is 2.17. The van der Waals surface area contributed by atoms with Gasteiger partial charge in [-0.2, -0.15) is 0 Å². The van der Waals surface area contributed by atoms with E-state index in [0.717, 1.165) is 12.8 Å². The zero-order chi connectivity index (χ0) is 12.6. The maximum absolute atomic E-state index is 12.3. The summed E-state index contributed by atoms with van der Waals surface area (Å²) in [6, 6.07) is 1.98. The zero-order valence-corrected chi connectivity index (χ0v) is 11.8. The normalized spacial score (nSPS) is 25.1. The number of halogens is 2. The van der Waals surface area contributed by atoms with Crippen LogP contribution in [0, 0.1) is 0 Å². The van der Waals surface area contributed by atoms with Gasteiger partial charge >= 0.3 is 0 Å². The van der Waals surface area contributed by atoms with E-state index in [1.807, 2.05) is 11.8 Å². The summed E-state index contributed by atoms with van der Waals surface area (Å²) < 4.78 is 1.00. The molecule has 94 valence electrons. The Labute approximate surface area is 114 Å². The highest BCUT2D eigenvalue weighted by molar-refractivity contribution is 7.20. The van der Waals surface area contributed by atoms with Gasteiger partial charge in [0.1, 0.15) is 4.34 Å². The minimum absolute atomic E-state index is 0.0439. The molecular formula is C11H14Cl2N2OS. The lowest BCUT2D eigenvalue weighted by atomic mass is 9.98. The summed E-state index contributed by atoms with van der Waals surface area (Å²) in [6.45, 7) is 2.70. The summed E-state index contributed by atoms with van der Waals surface area (Å²) in [5.41, 5.74) is 6.38. The number of carbonyl (C=O) groups is 1. The van der Waals surface area contributed by atoms with E-state index in [4.69, 9.17) is 28.9 Å². The van der Waals surface area contributed by atoms with Gasteiger partial charge in [0, 0.05) is 18.6 Å². The van der Waals surface area contributed by atoms with Crippen LogP contribution in [0.25, 0.3) is 0 Å². The van der Waals surface area contributed by atoms with Crippen LogP contribution in [0.15, 0.2) is 6.07 Å². The molecule has 0 aromatic carbocycles. The summed E-state index contributed by atoms with van der Waals surface area (Å²) in [5.74, 6) is -0.0439. The Bertz CT molecular complexity index is 435. The molecule has 0 saturated carbocycles. The van der Waals surface area contributed by atoms with E-state index in [1.54, 1.807) is 6.07 Å². The number of carbonyl (C=O) groups excluding carboxylic acids is 1. The van der Waals surface area contributed by atoms with E-state index in [1.165, 1.54) is 11.3 Å². The van der Waals surface area contributed by atoms with E-state index in [0.29, 0.717) is 20.8 Å². The van der Waals surface area contributed by atoms with E-state index in [2.05, 4.69) is 0 Å². The van der Waals surface area contributed by atoms with E-state index in [9.17, 15) is 4.79 Å². The van der Waals surface area contributed by atoms with Gasteiger partial charge in [-0.15, -0.1) is 11.3 Å². The third kappa shape index (κ3) is 2.76.